The van der Waals surface area contributed by atoms with Gasteiger partial charge in [-0.25, -0.2) is 0 Å². The molecule has 228 valence electrons. The van der Waals surface area contributed by atoms with Crippen molar-refractivity contribution in [3.8, 4) is 0 Å². The van der Waals surface area contributed by atoms with Crippen molar-refractivity contribution in [2.45, 2.75) is 45.1 Å². The van der Waals surface area contributed by atoms with Crippen LogP contribution in [0.25, 0.3) is 0 Å². The molecule has 1 amide bonds. The second kappa shape index (κ2) is 23.8. The van der Waals surface area contributed by atoms with Crippen molar-refractivity contribution >= 4 is 45.7 Å². The third-order valence-corrected chi connectivity index (χ3v) is 5.73. The van der Waals surface area contributed by atoms with Crippen LogP contribution in [0.5, 0.6) is 0 Å². The first-order valence-corrected chi connectivity index (χ1v) is 14.0. The van der Waals surface area contributed by atoms with Gasteiger partial charge < -0.3 is 32.7 Å². The summed E-state index contributed by atoms with van der Waals surface area (Å²) in [5, 5.41) is 19.4. The third-order valence-electron chi connectivity index (χ3n) is 5.20. The minimum Gasteiger partial charge on any atom is -0.481 e. The Labute approximate surface area is 255 Å². The van der Waals surface area contributed by atoms with E-state index in [1.54, 1.807) is 36.4 Å². The molecule has 0 aliphatic rings. The number of nitrogens with one attached hydrogen (secondary N) is 1. The maximum absolute atomic E-state index is 10.6. The maximum Gasteiger partial charge on any atom is 0.320 e. The first-order valence-electron chi connectivity index (χ1n) is 13.2. The van der Waals surface area contributed by atoms with Gasteiger partial charge in [0.1, 0.15) is 12.3 Å². The lowest BCUT2D eigenvalue weighted by Gasteiger charge is -2.03. The SMILES string of the molecule is CC(=O)Nc1ccc(C=O)cc1.NCCCC[C@H](N)C(=O)O.NCCc1ccccc1.O=C(O)Cc1ccc(Br)cc1. The summed E-state index contributed by atoms with van der Waals surface area (Å²) in [4.78, 5) is 41.2. The van der Waals surface area contributed by atoms with Gasteiger partial charge in [-0.1, -0.05) is 64.8 Å². The highest BCUT2D eigenvalue weighted by Crippen LogP contribution is 2.10. The van der Waals surface area contributed by atoms with E-state index in [2.05, 4.69) is 33.4 Å². The van der Waals surface area contributed by atoms with E-state index in [1.807, 2.05) is 30.3 Å². The predicted molar refractivity (Wildman–Crippen MR) is 169 cm³/mol. The molecule has 0 aliphatic heterocycles. The summed E-state index contributed by atoms with van der Waals surface area (Å²) < 4.78 is 0.964. The Morgan fingerprint density at radius 3 is 1.90 bits per heavy atom. The van der Waals surface area contributed by atoms with Crippen molar-refractivity contribution in [3.05, 3.63) is 100 Å². The van der Waals surface area contributed by atoms with Crippen molar-refractivity contribution in [3.63, 3.8) is 0 Å². The Bertz CT molecular complexity index is 1180. The van der Waals surface area contributed by atoms with Gasteiger partial charge in [-0.3, -0.25) is 19.2 Å². The summed E-state index contributed by atoms with van der Waals surface area (Å²) in [6.07, 6.45) is 4.00. The second-order valence-corrected chi connectivity index (χ2v) is 9.79. The van der Waals surface area contributed by atoms with E-state index in [0.29, 0.717) is 24.2 Å². The van der Waals surface area contributed by atoms with Gasteiger partial charge in [0.25, 0.3) is 0 Å². The zero-order valence-electron chi connectivity index (χ0n) is 23.7. The number of rotatable bonds is 11. The van der Waals surface area contributed by atoms with Crippen LogP contribution in [0.1, 0.15) is 47.7 Å². The molecule has 0 spiro atoms. The molecule has 11 heteroatoms. The quantitative estimate of drug-likeness (QED) is 0.130. The molecule has 9 N–H and O–H groups in total. The molecule has 0 fully saturated rings. The molecular formula is C31H41BrN4O6. The normalized spacial score (nSPS) is 10.2. The number of hydrogen-bond donors (Lipinski definition) is 6. The molecule has 0 saturated carbocycles. The fraction of sp³-hybridized carbons (Fsp3) is 0.290. The Balaban J connectivity index is 0.000000537. The van der Waals surface area contributed by atoms with Crippen LogP contribution in [0.4, 0.5) is 5.69 Å². The van der Waals surface area contributed by atoms with Gasteiger partial charge in [-0.2, -0.15) is 0 Å². The van der Waals surface area contributed by atoms with Crippen LogP contribution >= 0.6 is 15.9 Å². The summed E-state index contributed by atoms with van der Waals surface area (Å²) in [5.74, 6) is -1.85. The van der Waals surface area contributed by atoms with Crippen LogP contribution in [0.2, 0.25) is 0 Å². The molecular weight excluding hydrogens is 604 g/mol. The fourth-order valence-electron chi connectivity index (χ4n) is 3.07. The molecule has 0 heterocycles. The number of benzene rings is 3. The predicted octanol–water partition coefficient (Wildman–Crippen LogP) is 4.25. The molecule has 3 aromatic rings. The lowest BCUT2D eigenvalue weighted by molar-refractivity contribution is -0.139. The number of halogens is 1. The molecule has 42 heavy (non-hydrogen) atoms. The van der Waals surface area contributed by atoms with E-state index in [-0.39, 0.29) is 12.3 Å². The summed E-state index contributed by atoms with van der Waals surface area (Å²) in [5.41, 5.74) is 19.2. The van der Waals surface area contributed by atoms with Crippen LogP contribution in [-0.4, -0.2) is 53.5 Å². The molecule has 0 aliphatic carbocycles. The second-order valence-electron chi connectivity index (χ2n) is 8.87. The van der Waals surface area contributed by atoms with E-state index in [4.69, 9.17) is 27.4 Å². The van der Waals surface area contributed by atoms with E-state index < -0.39 is 18.0 Å². The van der Waals surface area contributed by atoms with Gasteiger partial charge in [0.15, 0.2) is 0 Å². The Morgan fingerprint density at radius 1 is 0.857 bits per heavy atom. The highest BCUT2D eigenvalue weighted by Gasteiger charge is 2.09. The number of unbranched alkanes of at least 4 members (excludes halogenated alkanes) is 1. The minimum absolute atomic E-state index is 0.0906. The van der Waals surface area contributed by atoms with Crippen LogP contribution in [0.15, 0.2) is 83.3 Å². The van der Waals surface area contributed by atoms with Gasteiger partial charge in [0.2, 0.25) is 5.91 Å². The maximum atomic E-state index is 10.6. The average molecular weight is 646 g/mol. The number of carbonyl (C=O) groups excluding carboxylic acids is 2. The third kappa shape index (κ3) is 20.9. The Hall–Kier alpha value is -3.90. The zero-order chi connectivity index (χ0) is 31.8. The largest absolute Gasteiger partial charge is 0.481 e. The molecule has 10 nitrogen and oxygen atoms in total. The molecule has 3 aromatic carbocycles. The summed E-state index contributed by atoms with van der Waals surface area (Å²) in [7, 11) is 0. The van der Waals surface area contributed by atoms with Crippen LogP contribution < -0.4 is 22.5 Å². The van der Waals surface area contributed by atoms with Gasteiger partial charge in [-0.15, -0.1) is 0 Å². The Kier molecular flexibility index (Phi) is 21.6. The lowest BCUT2D eigenvalue weighted by atomic mass is 10.1. The van der Waals surface area contributed by atoms with Gasteiger partial charge in [0.05, 0.1) is 6.42 Å². The number of hydrogen-bond acceptors (Lipinski definition) is 7. The van der Waals surface area contributed by atoms with E-state index in [0.717, 1.165) is 42.1 Å². The van der Waals surface area contributed by atoms with Gasteiger partial charge in [0, 0.05) is 22.6 Å². The standard InChI is InChI=1S/C9H9NO2.C8H7BrO2.C8H11N.C6H14N2O2/c1-7(12)10-9-4-2-8(6-11)3-5-9;9-7-3-1-6(2-4-7)5-8(10)11;9-7-6-8-4-2-1-3-5-8;7-4-2-1-3-5(8)6(9)10/h2-6H,1H3,(H,10,12);1-4H,5H2,(H,10,11);1-5H,6-7,9H2;5H,1-4,7-8H2,(H,9,10)/t;;;5-/m...0/s1. The van der Waals surface area contributed by atoms with E-state index in [9.17, 15) is 19.2 Å². The highest BCUT2D eigenvalue weighted by molar-refractivity contribution is 9.10. The fourth-order valence-corrected chi connectivity index (χ4v) is 3.33. The first kappa shape index (κ1) is 38.1. The highest BCUT2D eigenvalue weighted by atomic mass is 79.9. The number of carboxylic acid groups (broad SMARTS) is 2. The molecule has 1 atom stereocenters. The average Bonchev–Trinajstić information content (AvgIpc) is 2.96. The summed E-state index contributed by atoms with van der Waals surface area (Å²) in [6.45, 7) is 2.78. The number of aliphatic carboxylic acids is 2. The van der Waals surface area contributed by atoms with Gasteiger partial charge >= 0.3 is 11.9 Å². The number of anilines is 1. The zero-order valence-corrected chi connectivity index (χ0v) is 25.3. The van der Waals surface area contributed by atoms with Crippen molar-refractivity contribution in [2.24, 2.45) is 17.2 Å². The number of amides is 1. The monoisotopic (exact) mass is 644 g/mol. The molecule has 0 radical (unpaired) electrons. The number of carboxylic acids is 2. The van der Waals surface area contributed by atoms with E-state index in [1.165, 1.54) is 12.5 Å². The first-order chi connectivity index (χ1) is 20.0. The molecule has 0 unspecified atom stereocenters. The molecule has 0 aromatic heterocycles. The van der Waals surface area contributed by atoms with Crippen molar-refractivity contribution < 1.29 is 29.4 Å². The lowest BCUT2D eigenvalue weighted by Crippen LogP contribution is -2.29. The number of aldehydes is 1. The molecule has 0 saturated heterocycles. The topological polar surface area (TPSA) is 199 Å². The molecule has 0 bridgehead atoms. The van der Waals surface area contributed by atoms with Crippen LogP contribution in [0, 0.1) is 0 Å². The van der Waals surface area contributed by atoms with Crippen LogP contribution in [0.3, 0.4) is 0 Å². The summed E-state index contributed by atoms with van der Waals surface area (Å²) in [6, 6.07) is 23.5. The number of carbonyl (C=O) groups is 4. The van der Waals surface area contributed by atoms with Gasteiger partial charge in [-0.05, 0) is 79.9 Å². The smallest absolute Gasteiger partial charge is 0.320 e. The molecule has 3 rings (SSSR count). The van der Waals surface area contributed by atoms with Crippen molar-refractivity contribution in [2.75, 3.05) is 18.4 Å². The van der Waals surface area contributed by atoms with Crippen LogP contribution in [-0.2, 0) is 27.2 Å². The van der Waals surface area contributed by atoms with Crippen molar-refractivity contribution in [1.29, 1.82) is 0 Å². The van der Waals surface area contributed by atoms with E-state index >= 15 is 0 Å². The summed E-state index contributed by atoms with van der Waals surface area (Å²) >= 11 is 3.26. The Morgan fingerprint density at radius 2 is 1.45 bits per heavy atom. The number of nitrogens with two attached hydrogens (primary N) is 3. The van der Waals surface area contributed by atoms with Crippen molar-refractivity contribution in [1.82, 2.24) is 0 Å². The minimum atomic E-state index is -0.933.